The van der Waals surface area contributed by atoms with Crippen LogP contribution in [0.2, 0.25) is 0 Å². The van der Waals surface area contributed by atoms with Crippen molar-refractivity contribution >= 4 is 21.9 Å². The van der Waals surface area contributed by atoms with Crippen LogP contribution in [-0.2, 0) is 0 Å². The van der Waals surface area contributed by atoms with E-state index < -0.39 is 0 Å². The van der Waals surface area contributed by atoms with Gasteiger partial charge < -0.3 is 5.32 Å². The van der Waals surface area contributed by atoms with E-state index in [-0.39, 0.29) is 0 Å². The lowest BCUT2D eigenvalue weighted by Crippen LogP contribution is -2.05. The van der Waals surface area contributed by atoms with Crippen LogP contribution in [0.1, 0.15) is 12.8 Å². The van der Waals surface area contributed by atoms with E-state index in [9.17, 15) is 0 Å². The maximum absolute atomic E-state index is 4.55. The summed E-state index contributed by atoms with van der Waals surface area (Å²) in [6, 6.07) is 10.7. The zero-order valence-corrected chi connectivity index (χ0v) is 10.8. The van der Waals surface area contributed by atoms with Crippen LogP contribution in [0.5, 0.6) is 0 Å². The third-order valence-electron chi connectivity index (χ3n) is 2.70. The summed E-state index contributed by atoms with van der Waals surface area (Å²) < 4.78 is 0.921. The first kappa shape index (κ1) is 10.7. The van der Waals surface area contributed by atoms with E-state index in [1.165, 1.54) is 12.8 Å². The summed E-state index contributed by atoms with van der Waals surface area (Å²) in [5.74, 6) is 0.717. The molecule has 3 rings (SSSR count). The number of halogens is 1. The highest BCUT2D eigenvalue weighted by Gasteiger charge is 2.22. The van der Waals surface area contributed by atoms with Gasteiger partial charge in [0.2, 0.25) is 5.95 Å². The summed E-state index contributed by atoms with van der Waals surface area (Å²) in [7, 11) is 0. The maximum atomic E-state index is 4.55. The fraction of sp³-hybridized carbons (Fsp3) is 0.231. The maximum Gasteiger partial charge on any atom is 0.223 e. The van der Waals surface area contributed by atoms with Crippen LogP contribution in [0.25, 0.3) is 11.3 Å². The molecule has 0 unspecified atom stereocenters. The summed E-state index contributed by atoms with van der Waals surface area (Å²) in [6.45, 7) is 0. The normalized spacial score (nSPS) is 14.6. The number of aromatic nitrogens is 2. The lowest BCUT2D eigenvalue weighted by molar-refractivity contribution is 1.05. The molecule has 1 aromatic carbocycles. The van der Waals surface area contributed by atoms with E-state index >= 15 is 0 Å². The third kappa shape index (κ3) is 2.47. The van der Waals surface area contributed by atoms with Gasteiger partial charge in [-0.05, 0) is 28.8 Å². The van der Waals surface area contributed by atoms with Crippen LogP contribution in [0, 0.1) is 0 Å². The molecule has 86 valence electrons. The zero-order valence-electron chi connectivity index (χ0n) is 9.23. The standard InChI is InChI=1S/C13H12BrN3/c14-11-8-15-13(16-10-6-7-10)17-12(11)9-4-2-1-3-5-9/h1-5,8,10H,6-7H2,(H,15,16,17). The summed E-state index contributed by atoms with van der Waals surface area (Å²) in [5, 5.41) is 3.31. The molecule has 0 atom stereocenters. The van der Waals surface area contributed by atoms with Gasteiger partial charge in [-0.2, -0.15) is 0 Å². The second kappa shape index (κ2) is 4.45. The van der Waals surface area contributed by atoms with Crippen molar-refractivity contribution in [1.29, 1.82) is 0 Å². The number of anilines is 1. The highest BCUT2D eigenvalue weighted by Crippen LogP contribution is 2.28. The molecule has 1 saturated carbocycles. The minimum absolute atomic E-state index is 0.569. The van der Waals surface area contributed by atoms with Gasteiger partial charge in [-0.15, -0.1) is 0 Å². The molecule has 0 aliphatic heterocycles. The Labute approximate surface area is 108 Å². The molecule has 1 aromatic heterocycles. The van der Waals surface area contributed by atoms with Gasteiger partial charge in [-0.1, -0.05) is 30.3 Å². The molecular formula is C13H12BrN3. The lowest BCUT2D eigenvalue weighted by Gasteiger charge is -2.07. The monoisotopic (exact) mass is 289 g/mol. The highest BCUT2D eigenvalue weighted by atomic mass is 79.9. The summed E-state index contributed by atoms with van der Waals surface area (Å²) in [4.78, 5) is 8.83. The van der Waals surface area contributed by atoms with Gasteiger partial charge >= 0.3 is 0 Å². The van der Waals surface area contributed by atoms with Crippen LogP contribution in [0.4, 0.5) is 5.95 Å². The minimum Gasteiger partial charge on any atom is -0.351 e. The Morgan fingerprint density at radius 2 is 1.94 bits per heavy atom. The fourth-order valence-electron chi connectivity index (χ4n) is 1.65. The van der Waals surface area contributed by atoms with Gasteiger partial charge in [0.05, 0.1) is 10.2 Å². The number of hydrogen-bond donors (Lipinski definition) is 1. The molecule has 4 heteroatoms. The van der Waals surface area contributed by atoms with Crippen molar-refractivity contribution in [3.63, 3.8) is 0 Å². The van der Waals surface area contributed by atoms with Gasteiger partial charge in [0.15, 0.2) is 0 Å². The Bertz CT molecular complexity index is 523. The van der Waals surface area contributed by atoms with Crippen molar-refractivity contribution < 1.29 is 0 Å². The van der Waals surface area contributed by atoms with Crippen LogP contribution in [-0.4, -0.2) is 16.0 Å². The Morgan fingerprint density at radius 1 is 1.18 bits per heavy atom. The molecule has 1 fully saturated rings. The lowest BCUT2D eigenvalue weighted by atomic mass is 10.1. The van der Waals surface area contributed by atoms with E-state index in [1.54, 1.807) is 6.20 Å². The van der Waals surface area contributed by atoms with Crippen LogP contribution in [0.15, 0.2) is 41.0 Å². The van der Waals surface area contributed by atoms with Crippen LogP contribution in [0.3, 0.4) is 0 Å². The molecule has 0 saturated heterocycles. The molecular weight excluding hydrogens is 278 g/mol. The van der Waals surface area contributed by atoms with Gasteiger partial charge in [-0.3, -0.25) is 0 Å². The molecule has 2 aromatic rings. The molecule has 17 heavy (non-hydrogen) atoms. The van der Waals surface area contributed by atoms with Crippen LogP contribution >= 0.6 is 15.9 Å². The number of rotatable bonds is 3. The number of benzene rings is 1. The number of nitrogens with zero attached hydrogens (tertiary/aromatic N) is 2. The molecule has 0 bridgehead atoms. The van der Waals surface area contributed by atoms with Gasteiger partial charge in [0.1, 0.15) is 0 Å². The zero-order chi connectivity index (χ0) is 11.7. The second-order valence-corrected chi connectivity index (χ2v) is 5.03. The van der Waals surface area contributed by atoms with Crippen molar-refractivity contribution in [2.45, 2.75) is 18.9 Å². The Kier molecular flexibility index (Phi) is 2.81. The Balaban J connectivity index is 1.96. The van der Waals surface area contributed by atoms with Gasteiger partial charge in [-0.25, -0.2) is 9.97 Å². The van der Waals surface area contributed by atoms with E-state index in [0.717, 1.165) is 21.7 Å². The van der Waals surface area contributed by atoms with E-state index in [2.05, 4.69) is 31.2 Å². The first-order valence-corrected chi connectivity index (χ1v) is 6.47. The topological polar surface area (TPSA) is 37.8 Å². The SMILES string of the molecule is Brc1cnc(NC2CC2)nc1-c1ccccc1. The molecule has 0 spiro atoms. The summed E-state index contributed by atoms with van der Waals surface area (Å²) in [6.07, 6.45) is 4.25. The molecule has 0 amide bonds. The van der Waals surface area contributed by atoms with E-state index in [0.29, 0.717) is 6.04 Å². The minimum atomic E-state index is 0.569. The predicted molar refractivity (Wildman–Crippen MR) is 71.8 cm³/mol. The molecule has 1 aliphatic carbocycles. The first-order valence-electron chi connectivity index (χ1n) is 5.67. The molecule has 0 radical (unpaired) electrons. The largest absolute Gasteiger partial charge is 0.351 e. The van der Waals surface area contributed by atoms with Crippen molar-refractivity contribution in [3.05, 3.63) is 41.0 Å². The quantitative estimate of drug-likeness (QED) is 0.940. The number of nitrogens with one attached hydrogen (secondary N) is 1. The Hall–Kier alpha value is -1.42. The van der Waals surface area contributed by atoms with E-state index in [1.807, 2.05) is 30.3 Å². The Morgan fingerprint density at radius 3 is 2.65 bits per heavy atom. The highest BCUT2D eigenvalue weighted by molar-refractivity contribution is 9.10. The second-order valence-electron chi connectivity index (χ2n) is 4.17. The molecule has 1 heterocycles. The molecule has 1 aliphatic rings. The van der Waals surface area contributed by atoms with Crippen molar-refractivity contribution in [2.24, 2.45) is 0 Å². The predicted octanol–water partition coefficient (Wildman–Crippen LogP) is 3.48. The van der Waals surface area contributed by atoms with E-state index in [4.69, 9.17) is 0 Å². The molecule has 1 N–H and O–H groups in total. The van der Waals surface area contributed by atoms with Crippen molar-refractivity contribution in [3.8, 4) is 11.3 Å². The smallest absolute Gasteiger partial charge is 0.223 e. The average Bonchev–Trinajstić information content (AvgIpc) is 3.17. The van der Waals surface area contributed by atoms with Gasteiger partial charge in [0.25, 0.3) is 0 Å². The first-order chi connectivity index (χ1) is 8.33. The average molecular weight is 290 g/mol. The van der Waals surface area contributed by atoms with Gasteiger partial charge in [0, 0.05) is 17.8 Å². The molecule has 3 nitrogen and oxygen atoms in total. The fourth-order valence-corrected chi connectivity index (χ4v) is 2.07. The van der Waals surface area contributed by atoms with Crippen molar-refractivity contribution in [2.75, 3.05) is 5.32 Å². The summed E-state index contributed by atoms with van der Waals surface area (Å²) in [5.41, 5.74) is 2.03. The summed E-state index contributed by atoms with van der Waals surface area (Å²) >= 11 is 3.50. The van der Waals surface area contributed by atoms with Crippen molar-refractivity contribution in [1.82, 2.24) is 9.97 Å². The number of hydrogen-bond acceptors (Lipinski definition) is 3. The third-order valence-corrected chi connectivity index (χ3v) is 3.28. The van der Waals surface area contributed by atoms with Crippen LogP contribution < -0.4 is 5.32 Å².